The predicted octanol–water partition coefficient (Wildman–Crippen LogP) is 6.59. The molecule has 0 amide bonds. The predicted molar refractivity (Wildman–Crippen MR) is 147 cm³/mol. The van der Waals surface area contributed by atoms with E-state index in [9.17, 15) is 9.59 Å². The SMILES string of the molecule is COc1ccc([C@@H]2C(C(=O)OC3CCCCC3)=C(C)NC3=C2C(=O)C[C@@H](c2ccc(Cl)cc2)C3)cc1OC. The van der Waals surface area contributed by atoms with Gasteiger partial charge in [-0.15, -0.1) is 0 Å². The molecule has 2 aromatic rings. The number of methoxy groups -OCH3 is 2. The van der Waals surface area contributed by atoms with Gasteiger partial charge in [-0.3, -0.25) is 4.79 Å². The molecule has 2 atom stereocenters. The summed E-state index contributed by atoms with van der Waals surface area (Å²) in [6, 6.07) is 13.3. The summed E-state index contributed by atoms with van der Waals surface area (Å²) in [5.41, 5.74) is 4.55. The number of carbonyl (C=O) groups is 2. The van der Waals surface area contributed by atoms with Gasteiger partial charge in [-0.25, -0.2) is 4.79 Å². The minimum Gasteiger partial charge on any atom is -0.493 e. The van der Waals surface area contributed by atoms with Crippen LogP contribution in [-0.2, 0) is 14.3 Å². The first-order valence-electron chi connectivity index (χ1n) is 13.3. The number of hydrogen-bond acceptors (Lipinski definition) is 6. The average Bonchev–Trinajstić information content (AvgIpc) is 2.92. The van der Waals surface area contributed by atoms with Crippen molar-refractivity contribution in [3.05, 3.63) is 81.2 Å². The zero-order valence-corrected chi connectivity index (χ0v) is 22.9. The number of hydrogen-bond donors (Lipinski definition) is 1. The fourth-order valence-electron chi connectivity index (χ4n) is 6.04. The number of allylic oxidation sites excluding steroid dienone is 3. The summed E-state index contributed by atoms with van der Waals surface area (Å²) in [4.78, 5) is 27.6. The average molecular weight is 536 g/mol. The van der Waals surface area contributed by atoms with E-state index in [2.05, 4.69) is 5.32 Å². The van der Waals surface area contributed by atoms with E-state index in [0.717, 1.165) is 42.5 Å². The minimum atomic E-state index is -0.555. The summed E-state index contributed by atoms with van der Waals surface area (Å²) in [6.07, 6.45) is 5.98. The van der Waals surface area contributed by atoms with Crippen molar-refractivity contribution >= 4 is 23.4 Å². The van der Waals surface area contributed by atoms with Crippen molar-refractivity contribution in [2.45, 2.75) is 69.8 Å². The van der Waals surface area contributed by atoms with Crippen LogP contribution in [0.3, 0.4) is 0 Å². The molecule has 0 radical (unpaired) electrons. The number of nitrogens with one attached hydrogen (secondary N) is 1. The highest BCUT2D eigenvalue weighted by molar-refractivity contribution is 6.30. The molecule has 38 heavy (non-hydrogen) atoms. The lowest BCUT2D eigenvalue weighted by Crippen LogP contribution is -2.37. The highest BCUT2D eigenvalue weighted by Gasteiger charge is 2.42. The highest BCUT2D eigenvalue weighted by Crippen LogP contribution is 2.47. The van der Waals surface area contributed by atoms with Gasteiger partial charge in [-0.1, -0.05) is 36.2 Å². The molecule has 0 spiro atoms. The maximum atomic E-state index is 13.9. The van der Waals surface area contributed by atoms with Crippen molar-refractivity contribution in [2.24, 2.45) is 0 Å². The van der Waals surface area contributed by atoms with Crippen LogP contribution in [0.5, 0.6) is 11.5 Å². The van der Waals surface area contributed by atoms with Crippen LogP contribution >= 0.6 is 11.6 Å². The molecule has 7 heteroatoms. The Morgan fingerprint density at radius 2 is 1.61 bits per heavy atom. The third kappa shape index (κ3) is 5.19. The van der Waals surface area contributed by atoms with Crippen LogP contribution in [0.15, 0.2) is 65.0 Å². The van der Waals surface area contributed by atoms with Gasteiger partial charge in [-0.05, 0) is 80.3 Å². The second-order valence-electron chi connectivity index (χ2n) is 10.3. The smallest absolute Gasteiger partial charge is 0.337 e. The Kier molecular flexibility index (Phi) is 7.80. The van der Waals surface area contributed by atoms with Gasteiger partial charge in [-0.2, -0.15) is 0 Å². The number of Topliss-reactive ketones (excluding diaryl/α,β-unsaturated/α-hetero) is 1. The van der Waals surface area contributed by atoms with Crippen LogP contribution in [0.4, 0.5) is 0 Å². The first-order valence-corrected chi connectivity index (χ1v) is 13.7. The molecule has 0 aromatic heterocycles. The molecule has 5 rings (SSSR count). The number of rotatable bonds is 6. The molecule has 1 saturated carbocycles. The van der Waals surface area contributed by atoms with E-state index in [0.29, 0.717) is 46.2 Å². The molecule has 6 nitrogen and oxygen atoms in total. The maximum Gasteiger partial charge on any atom is 0.337 e. The minimum absolute atomic E-state index is 0.0222. The summed E-state index contributed by atoms with van der Waals surface area (Å²) in [7, 11) is 3.16. The standard InChI is InChI=1S/C31H34ClNO5/c1-18-28(31(35)38-23-7-5-4-6-8-23)29(20-11-14-26(36-2)27(17-20)37-3)30-24(33-18)15-21(16-25(30)34)19-9-12-22(32)13-10-19/h9-14,17,21,23,29,33H,4-8,15-16H2,1-3H3/t21-,29+/m0/s1. The van der Waals surface area contributed by atoms with E-state index in [4.69, 9.17) is 25.8 Å². The van der Waals surface area contributed by atoms with Crippen LogP contribution in [0.1, 0.15) is 74.8 Å². The van der Waals surface area contributed by atoms with Crippen LogP contribution in [0.2, 0.25) is 5.02 Å². The van der Waals surface area contributed by atoms with Crippen LogP contribution in [-0.4, -0.2) is 32.1 Å². The van der Waals surface area contributed by atoms with E-state index < -0.39 is 5.92 Å². The molecular weight excluding hydrogens is 502 g/mol. The molecule has 0 bridgehead atoms. The highest BCUT2D eigenvalue weighted by atomic mass is 35.5. The van der Waals surface area contributed by atoms with Crippen molar-refractivity contribution < 1.29 is 23.8 Å². The molecule has 1 fully saturated rings. The van der Waals surface area contributed by atoms with Gasteiger partial charge in [0.05, 0.1) is 19.8 Å². The van der Waals surface area contributed by atoms with E-state index in [-0.39, 0.29) is 23.8 Å². The molecule has 2 aliphatic carbocycles. The monoisotopic (exact) mass is 535 g/mol. The van der Waals surface area contributed by atoms with Gasteiger partial charge >= 0.3 is 5.97 Å². The topological polar surface area (TPSA) is 73.9 Å². The quantitative estimate of drug-likeness (QED) is 0.420. The number of dihydropyridines is 1. The van der Waals surface area contributed by atoms with Gasteiger partial charge in [0.15, 0.2) is 17.3 Å². The summed E-state index contributed by atoms with van der Waals surface area (Å²) >= 11 is 6.10. The Morgan fingerprint density at radius 1 is 0.921 bits per heavy atom. The van der Waals surface area contributed by atoms with Crippen LogP contribution in [0.25, 0.3) is 0 Å². The van der Waals surface area contributed by atoms with Crippen molar-refractivity contribution in [1.29, 1.82) is 0 Å². The van der Waals surface area contributed by atoms with Crippen LogP contribution < -0.4 is 14.8 Å². The number of benzene rings is 2. The number of ether oxygens (including phenoxy) is 3. The second-order valence-corrected chi connectivity index (χ2v) is 10.8. The van der Waals surface area contributed by atoms with Crippen LogP contribution in [0, 0.1) is 0 Å². The lowest BCUT2D eigenvalue weighted by atomic mass is 9.71. The lowest BCUT2D eigenvalue weighted by molar-refractivity contribution is -0.146. The zero-order valence-electron chi connectivity index (χ0n) is 22.1. The molecule has 3 aliphatic rings. The van der Waals surface area contributed by atoms with E-state index in [1.807, 2.05) is 49.4 Å². The molecule has 1 aliphatic heterocycles. The fraction of sp³-hybridized carbons (Fsp3) is 0.419. The van der Waals surface area contributed by atoms with E-state index >= 15 is 0 Å². The Morgan fingerprint density at radius 3 is 2.29 bits per heavy atom. The number of halogens is 1. The van der Waals surface area contributed by atoms with Gasteiger partial charge in [0.2, 0.25) is 0 Å². The second kappa shape index (κ2) is 11.2. The van der Waals surface area contributed by atoms with Gasteiger partial charge in [0.1, 0.15) is 6.10 Å². The van der Waals surface area contributed by atoms with Gasteiger partial charge in [0, 0.05) is 34.3 Å². The molecule has 1 N–H and O–H groups in total. The molecule has 0 unspecified atom stereocenters. The Labute approximate surface area is 229 Å². The number of esters is 1. The Hall–Kier alpha value is -3.25. The molecular formula is C31H34ClNO5. The first kappa shape index (κ1) is 26.4. The van der Waals surface area contributed by atoms with Crippen molar-refractivity contribution in [3.63, 3.8) is 0 Å². The number of ketones is 1. The van der Waals surface area contributed by atoms with Crippen molar-refractivity contribution in [3.8, 4) is 11.5 Å². The molecule has 0 saturated heterocycles. The lowest BCUT2D eigenvalue weighted by Gasteiger charge is -2.37. The largest absolute Gasteiger partial charge is 0.493 e. The van der Waals surface area contributed by atoms with Crippen molar-refractivity contribution in [1.82, 2.24) is 5.32 Å². The first-order chi connectivity index (χ1) is 18.4. The summed E-state index contributed by atoms with van der Waals surface area (Å²) in [6.45, 7) is 1.89. The van der Waals surface area contributed by atoms with E-state index in [1.54, 1.807) is 14.2 Å². The summed E-state index contributed by atoms with van der Waals surface area (Å²) in [5, 5.41) is 4.10. The Balaban J connectivity index is 1.56. The Bertz CT molecular complexity index is 1290. The third-order valence-corrected chi connectivity index (χ3v) is 8.21. The van der Waals surface area contributed by atoms with E-state index in [1.165, 1.54) is 6.42 Å². The molecule has 2 aromatic carbocycles. The third-order valence-electron chi connectivity index (χ3n) is 7.96. The normalized spacial score (nSPS) is 22.1. The fourth-order valence-corrected chi connectivity index (χ4v) is 6.17. The molecule has 200 valence electrons. The van der Waals surface area contributed by atoms with Crippen molar-refractivity contribution in [2.75, 3.05) is 14.2 Å². The maximum absolute atomic E-state index is 13.9. The van der Waals surface area contributed by atoms with Gasteiger partial charge < -0.3 is 19.5 Å². The summed E-state index contributed by atoms with van der Waals surface area (Å²) < 4.78 is 17.1. The molecule has 1 heterocycles. The zero-order chi connectivity index (χ0) is 26.8. The van der Waals surface area contributed by atoms with Gasteiger partial charge in [0.25, 0.3) is 0 Å². The summed E-state index contributed by atoms with van der Waals surface area (Å²) in [5.74, 6) is 0.270. The number of carbonyl (C=O) groups excluding carboxylic acids is 2.